The molecule has 0 aliphatic carbocycles. The second kappa shape index (κ2) is 11.5. The number of para-hydroxylation sites is 1. The van der Waals surface area contributed by atoms with Crippen LogP contribution >= 0.6 is 12.2 Å². The number of rotatable bonds is 7. The molecule has 2 rings (SSSR count). The van der Waals surface area contributed by atoms with E-state index in [9.17, 15) is 14.4 Å². The monoisotopic (exact) mass is 425 g/mol. The molecule has 156 valence electrons. The van der Waals surface area contributed by atoms with Crippen LogP contribution < -0.4 is 15.5 Å². The SMILES string of the molecule is CCOC(=O)/C=C/C(=O)NC(=S)Nc1ccc(C(=O)N(CC)c2ccccc2)cc1. The average molecular weight is 426 g/mol. The van der Waals surface area contributed by atoms with Crippen LogP contribution in [0.1, 0.15) is 24.2 Å². The largest absolute Gasteiger partial charge is 0.463 e. The number of thiocarbonyl (C=S) groups is 1. The summed E-state index contributed by atoms with van der Waals surface area (Å²) in [5, 5.41) is 5.34. The Hall–Kier alpha value is -3.52. The second-order valence-corrected chi connectivity index (χ2v) is 6.40. The van der Waals surface area contributed by atoms with Gasteiger partial charge in [-0.05, 0) is 62.5 Å². The van der Waals surface area contributed by atoms with Crippen LogP contribution in [0, 0.1) is 0 Å². The van der Waals surface area contributed by atoms with Crippen molar-refractivity contribution in [2.75, 3.05) is 23.4 Å². The van der Waals surface area contributed by atoms with Crippen molar-refractivity contribution in [3.8, 4) is 0 Å². The van der Waals surface area contributed by atoms with Crippen LogP contribution in [0.4, 0.5) is 11.4 Å². The van der Waals surface area contributed by atoms with Crippen LogP contribution in [0.15, 0.2) is 66.7 Å². The number of nitrogens with one attached hydrogen (secondary N) is 2. The number of benzene rings is 2. The number of ether oxygens (including phenoxy) is 1. The lowest BCUT2D eigenvalue weighted by molar-refractivity contribution is -0.137. The van der Waals surface area contributed by atoms with Gasteiger partial charge in [0.05, 0.1) is 6.61 Å². The molecule has 0 spiro atoms. The van der Waals surface area contributed by atoms with E-state index in [4.69, 9.17) is 17.0 Å². The van der Waals surface area contributed by atoms with Crippen molar-refractivity contribution >= 4 is 46.5 Å². The summed E-state index contributed by atoms with van der Waals surface area (Å²) < 4.78 is 4.69. The van der Waals surface area contributed by atoms with Crippen molar-refractivity contribution < 1.29 is 19.1 Å². The Labute approximate surface area is 180 Å². The number of nitrogens with zero attached hydrogens (tertiary/aromatic N) is 1. The van der Waals surface area contributed by atoms with Crippen LogP contribution in [0.25, 0.3) is 0 Å². The fraction of sp³-hybridized carbons (Fsp3) is 0.182. The molecule has 0 fully saturated rings. The third-order valence-electron chi connectivity index (χ3n) is 3.91. The van der Waals surface area contributed by atoms with Crippen LogP contribution in [-0.2, 0) is 14.3 Å². The van der Waals surface area contributed by atoms with Gasteiger partial charge in [-0.1, -0.05) is 18.2 Å². The summed E-state index contributed by atoms with van der Waals surface area (Å²) in [5.41, 5.74) is 1.96. The van der Waals surface area contributed by atoms with Crippen molar-refractivity contribution in [2.45, 2.75) is 13.8 Å². The normalized spacial score (nSPS) is 10.3. The second-order valence-electron chi connectivity index (χ2n) is 5.99. The van der Waals surface area contributed by atoms with Crippen LogP contribution in [0.2, 0.25) is 0 Å². The molecule has 2 aromatic rings. The Bertz CT molecular complexity index is 927. The zero-order chi connectivity index (χ0) is 21.9. The standard InChI is InChI=1S/C22H23N3O4S/c1-3-25(18-8-6-5-7-9-18)21(28)16-10-12-17(13-11-16)23-22(30)24-19(26)14-15-20(27)29-4-2/h5-15H,3-4H2,1-2H3,(H2,23,24,26,30)/b15-14+. The van der Waals surface area contributed by atoms with Gasteiger partial charge in [0.15, 0.2) is 5.11 Å². The number of hydrogen-bond donors (Lipinski definition) is 2. The molecule has 2 amide bonds. The van der Waals surface area contributed by atoms with Crippen LogP contribution in [-0.4, -0.2) is 36.0 Å². The van der Waals surface area contributed by atoms with Gasteiger partial charge in [-0.25, -0.2) is 4.79 Å². The van der Waals surface area contributed by atoms with Crippen molar-refractivity contribution in [1.82, 2.24) is 5.32 Å². The maximum Gasteiger partial charge on any atom is 0.330 e. The summed E-state index contributed by atoms with van der Waals surface area (Å²) in [6.07, 6.45) is 2.06. The highest BCUT2D eigenvalue weighted by Gasteiger charge is 2.15. The van der Waals surface area contributed by atoms with E-state index in [1.54, 1.807) is 36.1 Å². The Balaban J connectivity index is 1.95. The summed E-state index contributed by atoms with van der Waals surface area (Å²) >= 11 is 5.08. The molecule has 0 aliphatic heterocycles. The highest BCUT2D eigenvalue weighted by molar-refractivity contribution is 7.80. The van der Waals surface area contributed by atoms with E-state index in [2.05, 4.69) is 10.6 Å². The summed E-state index contributed by atoms with van der Waals surface area (Å²) in [7, 11) is 0. The zero-order valence-corrected chi connectivity index (χ0v) is 17.6. The first-order chi connectivity index (χ1) is 14.4. The number of hydrogen-bond acceptors (Lipinski definition) is 5. The van der Waals surface area contributed by atoms with Crippen LogP contribution in [0.3, 0.4) is 0 Å². The van der Waals surface area contributed by atoms with Crippen LogP contribution in [0.5, 0.6) is 0 Å². The van der Waals surface area contributed by atoms with E-state index < -0.39 is 11.9 Å². The van der Waals surface area contributed by atoms with Gasteiger partial charge in [-0.15, -0.1) is 0 Å². The van der Waals surface area contributed by atoms with Gasteiger partial charge >= 0.3 is 5.97 Å². The van der Waals surface area contributed by atoms with E-state index in [-0.39, 0.29) is 17.6 Å². The predicted octanol–water partition coefficient (Wildman–Crippen LogP) is 3.29. The molecule has 0 saturated heterocycles. The smallest absolute Gasteiger partial charge is 0.330 e. The molecule has 0 bridgehead atoms. The fourth-order valence-electron chi connectivity index (χ4n) is 2.55. The van der Waals surface area contributed by atoms with Crippen molar-refractivity contribution in [3.63, 3.8) is 0 Å². The first kappa shape index (κ1) is 22.8. The highest BCUT2D eigenvalue weighted by atomic mass is 32.1. The molecule has 0 aliphatic rings. The van der Waals surface area contributed by atoms with E-state index in [1.807, 2.05) is 37.3 Å². The van der Waals surface area contributed by atoms with Gasteiger partial charge in [-0.3, -0.25) is 14.9 Å². The fourth-order valence-corrected chi connectivity index (χ4v) is 2.77. The predicted molar refractivity (Wildman–Crippen MR) is 120 cm³/mol. The molecule has 8 heteroatoms. The molecule has 30 heavy (non-hydrogen) atoms. The van der Waals surface area contributed by atoms with Gasteiger partial charge in [-0.2, -0.15) is 0 Å². The average Bonchev–Trinajstić information content (AvgIpc) is 2.74. The maximum atomic E-state index is 12.8. The van der Waals surface area contributed by atoms with E-state index in [0.29, 0.717) is 17.8 Å². The van der Waals surface area contributed by atoms with E-state index in [1.165, 1.54) is 0 Å². The molecule has 0 aromatic heterocycles. The minimum atomic E-state index is -0.608. The summed E-state index contributed by atoms with van der Waals surface area (Å²) in [6.45, 7) is 4.35. The molecule has 0 heterocycles. The van der Waals surface area contributed by atoms with Gasteiger partial charge in [0.1, 0.15) is 0 Å². The molecular formula is C22H23N3O4S. The summed E-state index contributed by atoms with van der Waals surface area (Å²) in [5.74, 6) is -1.28. The summed E-state index contributed by atoms with van der Waals surface area (Å²) in [4.78, 5) is 37.4. The molecule has 0 radical (unpaired) electrons. The first-order valence-electron chi connectivity index (χ1n) is 9.38. The Morgan fingerprint density at radius 2 is 1.67 bits per heavy atom. The summed E-state index contributed by atoms with van der Waals surface area (Å²) in [6, 6.07) is 16.2. The maximum absolute atomic E-state index is 12.8. The Morgan fingerprint density at radius 1 is 1.00 bits per heavy atom. The minimum Gasteiger partial charge on any atom is -0.463 e. The number of carbonyl (C=O) groups excluding carboxylic acids is 3. The molecule has 2 aromatic carbocycles. The molecule has 0 atom stereocenters. The molecule has 0 unspecified atom stereocenters. The number of amides is 2. The third kappa shape index (κ3) is 6.82. The van der Waals surface area contributed by atoms with E-state index in [0.717, 1.165) is 17.8 Å². The van der Waals surface area contributed by atoms with Gasteiger partial charge < -0.3 is 15.0 Å². The number of esters is 1. The topological polar surface area (TPSA) is 87.7 Å². The van der Waals surface area contributed by atoms with Crippen molar-refractivity contribution in [1.29, 1.82) is 0 Å². The molecule has 0 saturated carbocycles. The van der Waals surface area contributed by atoms with E-state index >= 15 is 0 Å². The quantitative estimate of drug-likeness (QED) is 0.402. The minimum absolute atomic E-state index is 0.0621. The van der Waals surface area contributed by atoms with Gasteiger partial charge in [0, 0.05) is 35.6 Å². The third-order valence-corrected chi connectivity index (χ3v) is 4.12. The lowest BCUT2D eigenvalue weighted by atomic mass is 10.1. The lowest BCUT2D eigenvalue weighted by Gasteiger charge is -2.21. The van der Waals surface area contributed by atoms with Crippen molar-refractivity contribution in [2.24, 2.45) is 0 Å². The molecule has 7 nitrogen and oxygen atoms in total. The Morgan fingerprint density at radius 3 is 2.27 bits per heavy atom. The highest BCUT2D eigenvalue weighted by Crippen LogP contribution is 2.18. The molecular weight excluding hydrogens is 402 g/mol. The van der Waals surface area contributed by atoms with Gasteiger partial charge in [0.2, 0.25) is 5.91 Å². The number of anilines is 2. The van der Waals surface area contributed by atoms with Crippen molar-refractivity contribution in [3.05, 3.63) is 72.3 Å². The number of carbonyl (C=O) groups is 3. The zero-order valence-electron chi connectivity index (χ0n) is 16.8. The lowest BCUT2D eigenvalue weighted by Crippen LogP contribution is -2.33. The van der Waals surface area contributed by atoms with Gasteiger partial charge in [0.25, 0.3) is 5.91 Å². The first-order valence-corrected chi connectivity index (χ1v) is 9.79. The Kier molecular flexibility index (Phi) is 8.71. The molecule has 2 N–H and O–H groups in total.